The summed E-state index contributed by atoms with van der Waals surface area (Å²) < 4.78 is 0. The molecule has 0 unspecified atom stereocenters. The third kappa shape index (κ3) is 6.08. The minimum absolute atomic E-state index is 1.19. The summed E-state index contributed by atoms with van der Waals surface area (Å²) in [6.07, 6.45) is 0. The fraction of sp³-hybridized carbons (Fsp3) is 0. The summed E-state index contributed by atoms with van der Waals surface area (Å²) in [6, 6.07) is 84.0. The van der Waals surface area contributed by atoms with Crippen LogP contribution in [0.15, 0.2) is 231 Å². The molecule has 0 aliphatic carbocycles. The van der Waals surface area contributed by atoms with Gasteiger partial charge in [-0.3, -0.25) is 0 Å². The number of benzene rings is 10. The Morgan fingerprint density at radius 2 is 0.518 bits per heavy atom. The molecular formula is C56H38. The van der Waals surface area contributed by atoms with E-state index in [1.54, 1.807) is 0 Å². The Morgan fingerprint density at radius 3 is 1.09 bits per heavy atom. The largest absolute Gasteiger partial charge is 0.0622 e. The molecule has 10 aromatic rings. The molecule has 0 fully saturated rings. The summed E-state index contributed by atoms with van der Waals surface area (Å²) in [4.78, 5) is 0. The van der Waals surface area contributed by atoms with Gasteiger partial charge in [-0.15, -0.1) is 0 Å². The molecule has 0 bridgehead atoms. The molecule has 0 spiro atoms. The number of rotatable bonds is 7. The Morgan fingerprint density at radius 1 is 0.161 bits per heavy atom. The first-order chi connectivity index (χ1) is 27.8. The molecular weight excluding hydrogens is 673 g/mol. The molecule has 0 atom stereocenters. The summed E-state index contributed by atoms with van der Waals surface area (Å²) in [5.41, 5.74) is 17.0. The van der Waals surface area contributed by atoms with Gasteiger partial charge in [0, 0.05) is 0 Å². The minimum atomic E-state index is 1.19. The van der Waals surface area contributed by atoms with E-state index in [9.17, 15) is 0 Å². The number of hydrogen-bond acceptors (Lipinski definition) is 0. The average Bonchev–Trinajstić information content (AvgIpc) is 3.29. The third-order valence-electron chi connectivity index (χ3n) is 11.1. The SMILES string of the molecule is c1ccc(-c2ccc(-c3ccc(-c4ccccc4-c4cccc(-c5ccccc5)c4)cc3-c3c4ccccc4c(-c4ccccc4)c4ccccc34)cc2)cc1. The monoisotopic (exact) mass is 710 g/mol. The van der Waals surface area contributed by atoms with Crippen molar-refractivity contribution in [1.29, 1.82) is 0 Å². The third-order valence-corrected chi connectivity index (χ3v) is 11.1. The normalized spacial score (nSPS) is 11.2. The summed E-state index contributed by atoms with van der Waals surface area (Å²) in [7, 11) is 0. The Hall–Kier alpha value is -7.28. The van der Waals surface area contributed by atoms with Gasteiger partial charge in [-0.25, -0.2) is 0 Å². The van der Waals surface area contributed by atoms with Crippen LogP contribution in [0.1, 0.15) is 0 Å². The summed E-state index contributed by atoms with van der Waals surface area (Å²) in [5.74, 6) is 0. The number of hydrogen-bond donors (Lipinski definition) is 0. The maximum atomic E-state index is 2.44. The lowest BCUT2D eigenvalue weighted by atomic mass is 9.82. The van der Waals surface area contributed by atoms with Crippen LogP contribution in [0.5, 0.6) is 0 Å². The lowest BCUT2D eigenvalue weighted by Gasteiger charge is -2.21. The van der Waals surface area contributed by atoms with E-state index in [1.165, 1.54) is 99.4 Å². The van der Waals surface area contributed by atoms with E-state index in [1.807, 2.05) is 0 Å². The summed E-state index contributed by atoms with van der Waals surface area (Å²) in [5, 5.41) is 4.99. The van der Waals surface area contributed by atoms with Crippen molar-refractivity contribution in [1.82, 2.24) is 0 Å². The molecule has 0 N–H and O–H groups in total. The molecule has 10 rings (SSSR count). The van der Waals surface area contributed by atoms with Crippen molar-refractivity contribution in [3.05, 3.63) is 231 Å². The highest BCUT2D eigenvalue weighted by Gasteiger charge is 2.20. The Labute approximate surface area is 328 Å². The molecule has 10 aromatic carbocycles. The topological polar surface area (TPSA) is 0 Å². The van der Waals surface area contributed by atoms with Crippen molar-refractivity contribution >= 4 is 21.5 Å². The van der Waals surface area contributed by atoms with Crippen LogP contribution < -0.4 is 0 Å². The van der Waals surface area contributed by atoms with E-state index in [2.05, 4.69) is 231 Å². The van der Waals surface area contributed by atoms with E-state index in [4.69, 9.17) is 0 Å². The quantitative estimate of drug-likeness (QED) is 0.144. The van der Waals surface area contributed by atoms with Crippen LogP contribution in [0.4, 0.5) is 0 Å². The summed E-state index contributed by atoms with van der Waals surface area (Å²) in [6.45, 7) is 0. The molecule has 0 aliphatic heterocycles. The zero-order valence-electron chi connectivity index (χ0n) is 30.9. The molecule has 0 heteroatoms. The highest BCUT2D eigenvalue weighted by molar-refractivity contribution is 6.22. The lowest BCUT2D eigenvalue weighted by molar-refractivity contribution is 1.55. The smallest absolute Gasteiger partial charge is 0.00199 e. The molecule has 56 heavy (non-hydrogen) atoms. The van der Waals surface area contributed by atoms with Gasteiger partial charge in [0.15, 0.2) is 0 Å². The van der Waals surface area contributed by atoms with Gasteiger partial charge in [0.2, 0.25) is 0 Å². The van der Waals surface area contributed by atoms with Crippen LogP contribution in [0.25, 0.3) is 99.4 Å². The molecule has 0 aromatic heterocycles. The highest BCUT2D eigenvalue weighted by atomic mass is 14.2. The van der Waals surface area contributed by atoms with Crippen molar-refractivity contribution in [3.8, 4) is 77.9 Å². The van der Waals surface area contributed by atoms with E-state index >= 15 is 0 Å². The van der Waals surface area contributed by atoms with E-state index in [0.29, 0.717) is 0 Å². The van der Waals surface area contributed by atoms with Gasteiger partial charge in [0.05, 0.1) is 0 Å². The van der Waals surface area contributed by atoms with Crippen LogP contribution in [0.3, 0.4) is 0 Å². The standard InChI is InChI=1S/C56H38/c1-4-17-39(18-5-1)41-31-33-42(34-32-41)49-36-35-46(48-26-11-10-25-47(48)45-24-16-23-44(37-45)40-19-6-2-7-20-40)38-54(49)56-52-29-14-12-27-50(52)55(43-21-8-3-9-22-43)51-28-13-15-30-53(51)56/h1-38H. The van der Waals surface area contributed by atoms with Gasteiger partial charge in [0.25, 0.3) is 0 Å². The number of fused-ring (bicyclic) bond motifs is 2. The van der Waals surface area contributed by atoms with Gasteiger partial charge in [-0.2, -0.15) is 0 Å². The first-order valence-electron chi connectivity index (χ1n) is 19.3. The average molecular weight is 711 g/mol. The van der Waals surface area contributed by atoms with Gasteiger partial charge in [-0.05, 0) is 112 Å². The van der Waals surface area contributed by atoms with Gasteiger partial charge >= 0.3 is 0 Å². The van der Waals surface area contributed by atoms with Gasteiger partial charge in [-0.1, -0.05) is 218 Å². The van der Waals surface area contributed by atoms with Crippen LogP contribution in [-0.2, 0) is 0 Å². The fourth-order valence-corrected chi connectivity index (χ4v) is 8.46. The molecule has 262 valence electrons. The predicted molar refractivity (Wildman–Crippen MR) is 240 cm³/mol. The first kappa shape index (κ1) is 33.3. The lowest BCUT2D eigenvalue weighted by Crippen LogP contribution is -1.94. The molecule has 0 amide bonds. The van der Waals surface area contributed by atoms with Crippen molar-refractivity contribution in [3.63, 3.8) is 0 Å². The van der Waals surface area contributed by atoms with E-state index in [0.717, 1.165) is 0 Å². The second kappa shape index (κ2) is 14.5. The van der Waals surface area contributed by atoms with Crippen molar-refractivity contribution < 1.29 is 0 Å². The van der Waals surface area contributed by atoms with E-state index < -0.39 is 0 Å². The van der Waals surface area contributed by atoms with Crippen molar-refractivity contribution in [2.45, 2.75) is 0 Å². The molecule has 0 aliphatic rings. The maximum Gasteiger partial charge on any atom is -0.00199 e. The molecule has 0 saturated carbocycles. The van der Waals surface area contributed by atoms with Crippen LogP contribution in [-0.4, -0.2) is 0 Å². The van der Waals surface area contributed by atoms with Crippen LogP contribution in [0.2, 0.25) is 0 Å². The highest BCUT2D eigenvalue weighted by Crippen LogP contribution is 2.47. The molecule has 0 nitrogen and oxygen atoms in total. The molecule has 0 radical (unpaired) electrons. The van der Waals surface area contributed by atoms with Gasteiger partial charge in [0.1, 0.15) is 0 Å². The Bertz CT molecular complexity index is 2920. The Kier molecular flexibility index (Phi) is 8.63. The summed E-state index contributed by atoms with van der Waals surface area (Å²) >= 11 is 0. The van der Waals surface area contributed by atoms with E-state index in [-0.39, 0.29) is 0 Å². The second-order valence-electron chi connectivity index (χ2n) is 14.4. The first-order valence-corrected chi connectivity index (χ1v) is 19.3. The zero-order chi connectivity index (χ0) is 37.3. The predicted octanol–water partition coefficient (Wildman–Crippen LogP) is 15.7. The molecule has 0 heterocycles. The van der Waals surface area contributed by atoms with Crippen LogP contribution in [0, 0.1) is 0 Å². The maximum absolute atomic E-state index is 2.44. The zero-order valence-corrected chi connectivity index (χ0v) is 30.9. The van der Waals surface area contributed by atoms with Gasteiger partial charge < -0.3 is 0 Å². The fourth-order valence-electron chi connectivity index (χ4n) is 8.46. The minimum Gasteiger partial charge on any atom is -0.0622 e. The molecule has 0 saturated heterocycles. The van der Waals surface area contributed by atoms with Crippen molar-refractivity contribution in [2.24, 2.45) is 0 Å². The van der Waals surface area contributed by atoms with Crippen LogP contribution >= 0.6 is 0 Å². The van der Waals surface area contributed by atoms with Crippen molar-refractivity contribution in [2.75, 3.05) is 0 Å². The Balaban J connectivity index is 1.23. The second-order valence-corrected chi connectivity index (χ2v) is 14.4.